The Kier molecular flexibility index (Phi) is 6.09. The van der Waals surface area contributed by atoms with E-state index < -0.39 is 0 Å². The van der Waals surface area contributed by atoms with Crippen LogP contribution in [0.25, 0.3) is 56.4 Å². The van der Waals surface area contributed by atoms with E-state index in [2.05, 4.69) is 62.4 Å². The summed E-state index contributed by atoms with van der Waals surface area (Å²) in [5.74, 6) is 4.71. The highest BCUT2D eigenvalue weighted by Gasteiger charge is 2.39. The van der Waals surface area contributed by atoms with Crippen LogP contribution in [0.3, 0.4) is 0 Å². The van der Waals surface area contributed by atoms with Gasteiger partial charge in [-0.3, -0.25) is 0 Å². The lowest BCUT2D eigenvalue weighted by atomic mass is 9.82. The number of nitrogens with zero attached hydrogens (tertiary/aromatic N) is 3. The molecule has 5 heteroatoms. The molecule has 0 unspecified atom stereocenters. The smallest absolute Gasteiger partial charge is 0.178 e. The first-order valence-electron chi connectivity index (χ1n) is 15.8. The highest BCUT2D eigenvalue weighted by Crippen LogP contribution is 2.59. The van der Waals surface area contributed by atoms with Crippen molar-refractivity contribution in [1.29, 1.82) is 0 Å². The van der Waals surface area contributed by atoms with Crippen LogP contribution in [0.5, 0.6) is 23.0 Å². The van der Waals surface area contributed by atoms with Crippen molar-refractivity contribution < 1.29 is 9.47 Å². The topological polar surface area (TPSA) is 57.1 Å². The Hall–Kier alpha value is -6.07. The number of hydrogen-bond donors (Lipinski definition) is 0. The van der Waals surface area contributed by atoms with Crippen LogP contribution in [-0.4, -0.2) is 15.0 Å². The van der Waals surface area contributed by atoms with Gasteiger partial charge < -0.3 is 9.47 Å². The Balaban J connectivity index is 1.13. The molecule has 0 amide bonds. The Bertz CT molecular complexity index is 2270. The fraction of sp³-hybridized carbons (Fsp3) is 0.0714. The van der Waals surface area contributed by atoms with Gasteiger partial charge in [0, 0.05) is 33.2 Å². The second-order valence-electron chi connectivity index (χ2n) is 12.4. The van der Waals surface area contributed by atoms with E-state index in [-0.39, 0.29) is 5.41 Å². The van der Waals surface area contributed by atoms with Crippen molar-refractivity contribution >= 4 is 0 Å². The van der Waals surface area contributed by atoms with Crippen LogP contribution < -0.4 is 9.47 Å². The molecule has 47 heavy (non-hydrogen) atoms. The van der Waals surface area contributed by atoms with Gasteiger partial charge in [-0.1, -0.05) is 135 Å². The molecule has 9 rings (SSSR count). The number of aromatic nitrogens is 3. The summed E-state index contributed by atoms with van der Waals surface area (Å²) in [4.78, 5) is 14.7. The maximum atomic E-state index is 6.72. The minimum absolute atomic E-state index is 0.122. The van der Waals surface area contributed by atoms with Crippen LogP contribution in [0.4, 0.5) is 0 Å². The van der Waals surface area contributed by atoms with Crippen molar-refractivity contribution in [2.24, 2.45) is 0 Å². The predicted octanol–water partition coefficient (Wildman–Crippen LogP) is 10.7. The second-order valence-corrected chi connectivity index (χ2v) is 12.4. The van der Waals surface area contributed by atoms with Gasteiger partial charge in [-0.15, -0.1) is 0 Å². The van der Waals surface area contributed by atoms with Gasteiger partial charge in [0.25, 0.3) is 0 Å². The van der Waals surface area contributed by atoms with E-state index in [4.69, 9.17) is 24.4 Å². The fourth-order valence-electron chi connectivity index (χ4n) is 6.84. The minimum atomic E-state index is -0.122. The highest BCUT2D eigenvalue weighted by molar-refractivity contribution is 5.89. The van der Waals surface area contributed by atoms with Gasteiger partial charge in [0.2, 0.25) is 0 Å². The summed E-state index contributed by atoms with van der Waals surface area (Å²) in [5, 5.41) is 0. The summed E-state index contributed by atoms with van der Waals surface area (Å²) in [6.45, 7) is 4.54. The van der Waals surface area contributed by atoms with Crippen molar-refractivity contribution in [3.05, 3.63) is 151 Å². The normalized spacial score (nSPS) is 13.4. The first-order chi connectivity index (χ1) is 23.0. The molecule has 2 aliphatic rings. The zero-order valence-electron chi connectivity index (χ0n) is 25.9. The summed E-state index contributed by atoms with van der Waals surface area (Å²) in [6, 6.07) is 47.1. The van der Waals surface area contributed by atoms with Crippen molar-refractivity contribution in [2.45, 2.75) is 19.3 Å². The third kappa shape index (κ3) is 4.43. The Morgan fingerprint density at radius 2 is 0.957 bits per heavy atom. The van der Waals surface area contributed by atoms with E-state index in [1.165, 1.54) is 16.7 Å². The molecule has 0 radical (unpaired) electrons. The van der Waals surface area contributed by atoms with Gasteiger partial charge in [0.05, 0.1) is 0 Å². The van der Waals surface area contributed by atoms with Crippen molar-refractivity contribution in [3.63, 3.8) is 0 Å². The van der Waals surface area contributed by atoms with E-state index in [9.17, 15) is 0 Å². The number of para-hydroxylation sites is 1. The van der Waals surface area contributed by atoms with E-state index in [1.54, 1.807) is 0 Å². The van der Waals surface area contributed by atoms with Crippen molar-refractivity contribution in [3.8, 4) is 79.4 Å². The molecule has 0 fully saturated rings. The molecule has 0 N–H and O–H groups in total. The first-order valence-corrected chi connectivity index (χ1v) is 15.8. The second kappa shape index (κ2) is 10.5. The van der Waals surface area contributed by atoms with Crippen LogP contribution in [0.15, 0.2) is 140 Å². The Morgan fingerprint density at radius 3 is 1.68 bits per heavy atom. The molecule has 1 aromatic heterocycles. The maximum absolute atomic E-state index is 6.72. The van der Waals surface area contributed by atoms with E-state index in [0.29, 0.717) is 34.7 Å². The summed E-state index contributed by atoms with van der Waals surface area (Å²) in [7, 11) is 0. The number of fused-ring (bicyclic) bond motifs is 6. The maximum Gasteiger partial charge on any atom is 0.178 e. The first kappa shape index (κ1) is 27.3. The molecular weight excluding hydrogens is 578 g/mol. The van der Waals surface area contributed by atoms with Crippen LogP contribution in [0.2, 0.25) is 0 Å². The minimum Gasteiger partial charge on any atom is -0.449 e. The van der Waals surface area contributed by atoms with Gasteiger partial charge in [-0.05, 0) is 40.5 Å². The molecule has 0 saturated heterocycles. The largest absolute Gasteiger partial charge is 0.449 e. The van der Waals surface area contributed by atoms with E-state index in [0.717, 1.165) is 39.1 Å². The van der Waals surface area contributed by atoms with Gasteiger partial charge >= 0.3 is 0 Å². The van der Waals surface area contributed by atoms with Crippen LogP contribution in [0.1, 0.15) is 25.0 Å². The summed E-state index contributed by atoms with van der Waals surface area (Å²) >= 11 is 0. The lowest BCUT2D eigenvalue weighted by molar-refractivity contribution is 0.361. The van der Waals surface area contributed by atoms with Gasteiger partial charge in [-0.2, -0.15) is 0 Å². The summed E-state index contributed by atoms with van der Waals surface area (Å²) < 4.78 is 13.4. The number of benzene rings is 6. The Morgan fingerprint density at radius 1 is 0.426 bits per heavy atom. The standard InChI is InChI=1S/C42H29N3O2/c1-42(2)32-21-10-9-19-31(32)36-33(42)23-24-35-38(36)47-34-22-12-20-30(37(34)46-35)28-17-11-18-29(25-28)41-44-39(26-13-5-3-6-14-26)43-40(45-41)27-15-7-4-8-16-27/h3-25H,1-2H3. The van der Waals surface area contributed by atoms with Crippen LogP contribution >= 0.6 is 0 Å². The lowest BCUT2D eigenvalue weighted by Gasteiger charge is -2.26. The Labute approximate surface area is 273 Å². The molecule has 0 atom stereocenters. The zero-order valence-corrected chi connectivity index (χ0v) is 25.9. The van der Waals surface area contributed by atoms with Gasteiger partial charge in [0.15, 0.2) is 40.5 Å². The highest BCUT2D eigenvalue weighted by atomic mass is 16.6. The summed E-state index contributed by atoms with van der Waals surface area (Å²) in [6.07, 6.45) is 0. The number of ether oxygens (including phenoxy) is 2. The number of hydrogen-bond acceptors (Lipinski definition) is 5. The third-order valence-electron chi connectivity index (χ3n) is 9.20. The van der Waals surface area contributed by atoms with Crippen molar-refractivity contribution in [1.82, 2.24) is 15.0 Å². The summed E-state index contributed by atoms with van der Waals surface area (Å²) in [5.41, 5.74) is 9.38. The molecule has 1 aliphatic heterocycles. The molecule has 6 aromatic carbocycles. The molecule has 0 saturated carbocycles. The van der Waals surface area contributed by atoms with Crippen LogP contribution in [-0.2, 0) is 5.41 Å². The van der Waals surface area contributed by atoms with E-state index in [1.807, 2.05) is 91.0 Å². The average Bonchev–Trinajstić information content (AvgIpc) is 3.37. The molecule has 7 aromatic rings. The molecular formula is C42H29N3O2. The zero-order chi connectivity index (χ0) is 31.5. The van der Waals surface area contributed by atoms with Gasteiger partial charge in [-0.25, -0.2) is 15.0 Å². The molecule has 1 aliphatic carbocycles. The molecule has 2 heterocycles. The SMILES string of the molecule is CC1(C)c2ccccc2-c2c1ccc1c2Oc2cccc(-c3cccc(-c4nc(-c5ccccc5)nc(-c5ccccc5)n4)c3)c2O1. The average molecular weight is 608 g/mol. The van der Waals surface area contributed by atoms with Crippen LogP contribution in [0, 0.1) is 0 Å². The van der Waals surface area contributed by atoms with E-state index >= 15 is 0 Å². The van der Waals surface area contributed by atoms with Crippen molar-refractivity contribution in [2.75, 3.05) is 0 Å². The third-order valence-corrected chi connectivity index (χ3v) is 9.20. The lowest BCUT2D eigenvalue weighted by Crippen LogP contribution is -2.15. The molecule has 0 spiro atoms. The van der Waals surface area contributed by atoms with Gasteiger partial charge in [0.1, 0.15) is 0 Å². The molecule has 0 bridgehead atoms. The molecule has 224 valence electrons. The quantitative estimate of drug-likeness (QED) is 0.199. The predicted molar refractivity (Wildman–Crippen MR) is 186 cm³/mol. The number of rotatable bonds is 4. The fourth-order valence-corrected chi connectivity index (χ4v) is 6.84. The monoisotopic (exact) mass is 607 g/mol. The molecule has 5 nitrogen and oxygen atoms in total.